The highest BCUT2D eigenvalue weighted by molar-refractivity contribution is 5.86. The second-order valence-corrected chi connectivity index (χ2v) is 8.91. The molecule has 0 spiro atoms. The fourth-order valence-corrected chi connectivity index (χ4v) is 2.54. The van der Waals surface area contributed by atoms with Gasteiger partial charge >= 0.3 is 23.9 Å². The summed E-state index contributed by atoms with van der Waals surface area (Å²) in [5.74, 6) is -1.93. The van der Waals surface area contributed by atoms with E-state index in [-0.39, 0.29) is 56.4 Å². The third-order valence-electron chi connectivity index (χ3n) is 4.34. The molecular weight excluding hydrogens is 444 g/mol. The van der Waals surface area contributed by atoms with E-state index in [0.717, 1.165) is 38.7 Å². The average Bonchev–Trinajstić information content (AvgIpc) is 2.75. The minimum Gasteiger partial charge on any atom is -0.466 e. The predicted molar refractivity (Wildman–Crippen MR) is 126 cm³/mol. The molecule has 0 aliphatic heterocycles. The van der Waals surface area contributed by atoms with Crippen molar-refractivity contribution in [1.82, 2.24) is 0 Å². The molecular formula is C25H42O9. The van der Waals surface area contributed by atoms with Gasteiger partial charge in [-0.15, -0.1) is 0 Å². The Morgan fingerprint density at radius 2 is 1.06 bits per heavy atom. The van der Waals surface area contributed by atoms with Crippen LogP contribution in [0.25, 0.3) is 0 Å². The summed E-state index contributed by atoms with van der Waals surface area (Å²) < 4.78 is 25.4. The zero-order valence-electron chi connectivity index (χ0n) is 21.3. The van der Waals surface area contributed by atoms with Crippen molar-refractivity contribution in [3.05, 3.63) is 12.2 Å². The van der Waals surface area contributed by atoms with Gasteiger partial charge in [-0.3, -0.25) is 14.4 Å². The number of carbonyl (C=O) groups is 4. The van der Waals surface area contributed by atoms with Crippen LogP contribution < -0.4 is 0 Å². The van der Waals surface area contributed by atoms with Crippen LogP contribution in [0.4, 0.5) is 0 Å². The van der Waals surface area contributed by atoms with E-state index >= 15 is 0 Å². The monoisotopic (exact) mass is 486 g/mol. The Bertz CT molecular complexity index is 635. The van der Waals surface area contributed by atoms with Crippen LogP contribution in [0, 0.1) is 0 Å². The Morgan fingerprint density at radius 3 is 1.62 bits per heavy atom. The van der Waals surface area contributed by atoms with Crippen molar-refractivity contribution in [1.29, 1.82) is 0 Å². The topological polar surface area (TPSA) is 114 Å². The lowest BCUT2D eigenvalue weighted by Gasteiger charge is -2.19. The number of ether oxygens (including phenoxy) is 5. The molecule has 0 N–H and O–H groups in total. The molecule has 0 bridgehead atoms. The van der Waals surface area contributed by atoms with E-state index in [1.165, 1.54) is 6.92 Å². The first-order chi connectivity index (χ1) is 16.0. The molecule has 0 rings (SSSR count). The number of esters is 4. The Labute approximate surface area is 203 Å². The number of hydrogen-bond acceptors (Lipinski definition) is 9. The standard InChI is InChI=1S/C25H42O9/c1-20(2)24(29)33-19-18-32-23(28)14-13-22(27)31-16-11-15-30-21(26)12-9-7-6-8-10-17-34-25(3,4)5/h1,6-19H2,2-5H3. The summed E-state index contributed by atoms with van der Waals surface area (Å²) in [6.45, 7) is 11.9. The summed E-state index contributed by atoms with van der Waals surface area (Å²) in [5, 5.41) is 0. The number of carbonyl (C=O) groups excluding carboxylic acids is 4. The first-order valence-electron chi connectivity index (χ1n) is 11.9. The highest BCUT2D eigenvalue weighted by Gasteiger charge is 2.11. The van der Waals surface area contributed by atoms with E-state index in [9.17, 15) is 19.2 Å². The van der Waals surface area contributed by atoms with Gasteiger partial charge in [-0.05, 0) is 40.5 Å². The molecule has 0 aromatic carbocycles. The van der Waals surface area contributed by atoms with Gasteiger partial charge in [-0.25, -0.2) is 4.79 Å². The normalized spacial score (nSPS) is 10.9. The van der Waals surface area contributed by atoms with E-state index in [1.54, 1.807) is 0 Å². The second kappa shape index (κ2) is 18.9. The van der Waals surface area contributed by atoms with Gasteiger partial charge < -0.3 is 23.7 Å². The van der Waals surface area contributed by atoms with Crippen molar-refractivity contribution >= 4 is 23.9 Å². The Morgan fingerprint density at radius 1 is 0.588 bits per heavy atom. The van der Waals surface area contributed by atoms with Crippen LogP contribution in [-0.2, 0) is 42.9 Å². The Hall–Kier alpha value is -2.42. The summed E-state index contributed by atoms with van der Waals surface area (Å²) >= 11 is 0. The van der Waals surface area contributed by atoms with Crippen LogP contribution in [0.3, 0.4) is 0 Å². The summed E-state index contributed by atoms with van der Waals surface area (Å²) in [4.78, 5) is 46.0. The summed E-state index contributed by atoms with van der Waals surface area (Å²) in [5.41, 5.74) is 0.161. The highest BCUT2D eigenvalue weighted by Crippen LogP contribution is 2.10. The quantitative estimate of drug-likeness (QED) is 0.115. The molecule has 9 heteroatoms. The summed E-state index contributed by atoms with van der Waals surface area (Å²) in [7, 11) is 0. The summed E-state index contributed by atoms with van der Waals surface area (Å²) in [6, 6.07) is 0. The number of rotatable bonds is 19. The van der Waals surface area contributed by atoms with Gasteiger partial charge in [-0.1, -0.05) is 25.8 Å². The minimum atomic E-state index is -0.588. The van der Waals surface area contributed by atoms with E-state index in [2.05, 4.69) is 6.58 Å². The molecule has 0 heterocycles. The lowest BCUT2D eigenvalue weighted by atomic mass is 10.1. The lowest BCUT2D eigenvalue weighted by Crippen LogP contribution is -2.19. The van der Waals surface area contributed by atoms with Gasteiger partial charge in [0.1, 0.15) is 13.2 Å². The van der Waals surface area contributed by atoms with E-state index in [0.29, 0.717) is 12.8 Å². The molecule has 0 aromatic heterocycles. The van der Waals surface area contributed by atoms with E-state index in [1.807, 2.05) is 20.8 Å². The van der Waals surface area contributed by atoms with Crippen LogP contribution >= 0.6 is 0 Å². The molecule has 0 aliphatic rings. The molecule has 34 heavy (non-hydrogen) atoms. The van der Waals surface area contributed by atoms with Crippen molar-refractivity contribution in [3.63, 3.8) is 0 Å². The van der Waals surface area contributed by atoms with Crippen molar-refractivity contribution in [2.75, 3.05) is 33.0 Å². The van der Waals surface area contributed by atoms with Crippen LogP contribution in [0.5, 0.6) is 0 Å². The van der Waals surface area contributed by atoms with Crippen LogP contribution in [0.1, 0.15) is 85.5 Å². The predicted octanol–water partition coefficient (Wildman–Crippen LogP) is 4.06. The van der Waals surface area contributed by atoms with Crippen LogP contribution in [0.15, 0.2) is 12.2 Å². The molecule has 0 aliphatic carbocycles. The van der Waals surface area contributed by atoms with Gasteiger partial charge in [0.15, 0.2) is 0 Å². The Kier molecular flexibility index (Phi) is 17.6. The fourth-order valence-electron chi connectivity index (χ4n) is 2.54. The van der Waals surface area contributed by atoms with Gasteiger partial charge in [0.05, 0.1) is 31.7 Å². The van der Waals surface area contributed by atoms with Crippen LogP contribution in [0.2, 0.25) is 0 Å². The minimum absolute atomic E-state index is 0.0757. The first-order valence-corrected chi connectivity index (χ1v) is 11.9. The van der Waals surface area contributed by atoms with E-state index < -0.39 is 17.9 Å². The fraction of sp³-hybridized carbons (Fsp3) is 0.760. The third kappa shape index (κ3) is 21.4. The van der Waals surface area contributed by atoms with Crippen molar-refractivity contribution in [2.24, 2.45) is 0 Å². The smallest absolute Gasteiger partial charge is 0.333 e. The zero-order chi connectivity index (χ0) is 25.8. The first kappa shape index (κ1) is 31.6. The van der Waals surface area contributed by atoms with Crippen LogP contribution in [-0.4, -0.2) is 62.5 Å². The molecule has 0 radical (unpaired) electrons. The molecule has 0 aromatic rings. The zero-order valence-corrected chi connectivity index (χ0v) is 21.3. The maximum absolute atomic E-state index is 11.7. The van der Waals surface area contributed by atoms with Gasteiger partial charge in [0, 0.05) is 25.0 Å². The van der Waals surface area contributed by atoms with E-state index in [4.69, 9.17) is 23.7 Å². The summed E-state index contributed by atoms with van der Waals surface area (Å²) in [6.07, 6.45) is 5.46. The molecule has 0 atom stereocenters. The van der Waals surface area contributed by atoms with Gasteiger partial charge in [-0.2, -0.15) is 0 Å². The highest BCUT2D eigenvalue weighted by atomic mass is 16.6. The maximum atomic E-state index is 11.7. The SMILES string of the molecule is C=C(C)C(=O)OCCOC(=O)CCC(=O)OCCCOC(=O)CCCCCCCOC(C)(C)C. The maximum Gasteiger partial charge on any atom is 0.333 e. The lowest BCUT2D eigenvalue weighted by molar-refractivity contribution is -0.153. The Balaban J connectivity index is 3.53. The largest absolute Gasteiger partial charge is 0.466 e. The molecule has 196 valence electrons. The third-order valence-corrected chi connectivity index (χ3v) is 4.34. The number of unbranched alkanes of at least 4 members (excludes halogenated alkanes) is 4. The van der Waals surface area contributed by atoms with Crippen molar-refractivity contribution in [3.8, 4) is 0 Å². The van der Waals surface area contributed by atoms with Gasteiger partial charge in [0.25, 0.3) is 0 Å². The van der Waals surface area contributed by atoms with Crippen molar-refractivity contribution < 1.29 is 42.9 Å². The van der Waals surface area contributed by atoms with Crippen molar-refractivity contribution in [2.45, 2.75) is 91.1 Å². The molecule has 9 nitrogen and oxygen atoms in total. The molecule has 0 saturated heterocycles. The molecule has 0 amide bonds. The molecule has 0 fully saturated rings. The molecule has 0 saturated carbocycles. The average molecular weight is 487 g/mol. The second-order valence-electron chi connectivity index (χ2n) is 8.91. The number of hydrogen-bond donors (Lipinski definition) is 0. The van der Waals surface area contributed by atoms with Gasteiger partial charge in [0.2, 0.25) is 0 Å². The molecule has 0 unspecified atom stereocenters.